The zero-order valence-electron chi connectivity index (χ0n) is 16.0. The fourth-order valence-electron chi connectivity index (χ4n) is 3.37. The highest BCUT2D eigenvalue weighted by molar-refractivity contribution is 5.82. The third-order valence-electron chi connectivity index (χ3n) is 4.78. The summed E-state index contributed by atoms with van der Waals surface area (Å²) in [6.45, 7) is 0.518. The number of nitrogens with one attached hydrogen (secondary N) is 1. The van der Waals surface area contributed by atoms with Crippen LogP contribution in [-0.2, 0) is 11.3 Å². The highest BCUT2D eigenvalue weighted by atomic mass is 16.5. The van der Waals surface area contributed by atoms with Crippen LogP contribution in [0.5, 0.6) is 17.2 Å². The summed E-state index contributed by atoms with van der Waals surface area (Å²) in [6, 6.07) is 10.6. The number of carbonyl (C=O) groups is 1. The maximum absolute atomic E-state index is 12.6. The van der Waals surface area contributed by atoms with Gasteiger partial charge in [-0.3, -0.25) is 9.59 Å². The number of anilines is 1. The number of aromatic nitrogens is 2. The fourth-order valence-corrected chi connectivity index (χ4v) is 3.37. The first kappa shape index (κ1) is 18.6. The van der Waals surface area contributed by atoms with E-state index in [-0.39, 0.29) is 18.6 Å². The molecule has 2 aromatic carbocycles. The molecule has 0 spiro atoms. The number of hydrogen-bond donors (Lipinski definition) is 2. The van der Waals surface area contributed by atoms with E-state index in [0.717, 1.165) is 5.69 Å². The average Bonchev–Trinajstić information content (AvgIpc) is 2.72. The van der Waals surface area contributed by atoms with E-state index in [1.165, 1.54) is 14.2 Å². The molecule has 4 rings (SSSR count). The summed E-state index contributed by atoms with van der Waals surface area (Å²) in [6.07, 6.45) is -0.790. The number of H-pyrrole nitrogens is 1. The van der Waals surface area contributed by atoms with E-state index in [1.54, 1.807) is 18.2 Å². The van der Waals surface area contributed by atoms with E-state index in [9.17, 15) is 9.59 Å². The van der Waals surface area contributed by atoms with E-state index in [4.69, 9.17) is 19.9 Å². The molecule has 2 heterocycles. The van der Waals surface area contributed by atoms with E-state index >= 15 is 0 Å². The lowest BCUT2D eigenvalue weighted by Gasteiger charge is -2.34. The number of methoxy groups -OCH3 is 2. The number of fused-ring (bicyclic) bond motifs is 2. The summed E-state index contributed by atoms with van der Waals surface area (Å²) < 4.78 is 16.2. The molecule has 0 radical (unpaired) electrons. The van der Waals surface area contributed by atoms with Gasteiger partial charge in [0.05, 0.1) is 43.9 Å². The second-order valence-corrected chi connectivity index (χ2v) is 6.59. The van der Waals surface area contributed by atoms with Crippen LogP contribution in [0.3, 0.4) is 0 Å². The maximum Gasteiger partial charge on any atom is 0.260 e. The second-order valence-electron chi connectivity index (χ2n) is 6.59. The third-order valence-corrected chi connectivity index (χ3v) is 4.78. The lowest BCUT2D eigenvalue weighted by Crippen LogP contribution is -2.47. The molecule has 9 heteroatoms. The van der Waals surface area contributed by atoms with Gasteiger partial charge in [-0.2, -0.15) is 0 Å². The van der Waals surface area contributed by atoms with E-state index in [2.05, 4.69) is 9.97 Å². The predicted molar refractivity (Wildman–Crippen MR) is 107 cm³/mol. The Kier molecular flexibility index (Phi) is 4.71. The van der Waals surface area contributed by atoms with E-state index < -0.39 is 12.0 Å². The zero-order valence-corrected chi connectivity index (χ0v) is 16.0. The van der Waals surface area contributed by atoms with Gasteiger partial charge in [-0.15, -0.1) is 0 Å². The molecule has 0 aliphatic carbocycles. The van der Waals surface area contributed by atoms with Crippen molar-refractivity contribution >= 4 is 22.5 Å². The minimum absolute atomic E-state index is 0.250. The van der Waals surface area contributed by atoms with Crippen molar-refractivity contribution in [3.63, 3.8) is 0 Å². The molecule has 0 unspecified atom stereocenters. The number of para-hydroxylation sites is 2. The monoisotopic (exact) mass is 396 g/mol. The number of ether oxygens (including phenoxy) is 3. The molecule has 0 bridgehead atoms. The van der Waals surface area contributed by atoms with Crippen LogP contribution >= 0.6 is 0 Å². The number of carbonyl (C=O) groups excluding carboxylic acids is 1. The first-order valence-corrected chi connectivity index (χ1v) is 8.95. The molecule has 150 valence electrons. The summed E-state index contributed by atoms with van der Waals surface area (Å²) in [5, 5.41) is 0.392. The molecule has 1 aliphatic heterocycles. The van der Waals surface area contributed by atoms with Crippen molar-refractivity contribution in [2.24, 2.45) is 5.73 Å². The van der Waals surface area contributed by atoms with Crippen molar-refractivity contribution in [3.8, 4) is 17.2 Å². The van der Waals surface area contributed by atoms with Crippen molar-refractivity contribution in [1.82, 2.24) is 9.97 Å². The van der Waals surface area contributed by atoms with Crippen LogP contribution in [0, 0.1) is 0 Å². The largest absolute Gasteiger partial charge is 0.493 e. The van der Waals surface area contributed by atoms with Crippen molar-refractivity contribution in [1.29, 1.82) is 0 Å². The smallest absolute Gasteiger partial charge is 0.260 e. The average molecular weight is 396 g/mol. The minimum atomic E-state index is -0.790. The Labute approximate surface area is 166 Å². The lowest BCUT2D eigenvalue weighted by molar-refractivity contribution is -0.124. The van der Waals surface area contributed by atoms with Crippen LogP contribution in [0.1, 0.15) is 5.82 Å². The number of benzene rings is 2. The second kappa shape index (κ2) is 7.34. The molecule has 0 fully saturated rings. The van der Waals surface area contributed by atoms with Gasteiger partial charge >= 0.3 is 0 Å². The van der Waals surface area contributed by atoms with Crippen molar-refractivity contribution in [2.45, 2.75) is 12.6 Å². The first-order chi connectivity index (χ1) is 14.0. The summed E-state index contributed by atoms with van der Waals surface area (Å²) in [5.74, 6) is 1.37. The molecule has 1 atom stereocenters. The normalized spacial score (nSPS) is 15.5. The quantitative estimate of drug-likeness (QED) is 0.665. The Bertz CT molecular complexity index is 1140. The van der Waals surface area contributed by atoms with Crippen LogP contribution in [0.15, 0.2) is 41.2 Å². The molecule has 0 saturated carbocycles. The number of hydrogen-bond acceptors (Lipinski definition) is 7. The maximum atomic E-state index is 12.6. The molecule has 1 aromatic heterocycles. The molecule has 3 N–H and O–H groups in total. The van der Waals surface area contributed by atoms with Gasteiger partial charge in [0.15, 0.2) is 17.6 Å². The molecule has 29 heavy (non-hydrogen) atoms. The van der Waals surface area contributed by atoms with Crippen LogP contribution in [-0.4, -0.2) is 42.7 Å². The van der Waals surface area contributed by atoms with E-state index in [0.29, 0.717) is 34.0 Å². The number of amides is 1. The van der Waals surface area contributed by atoms with Crippen molar-refractivity contribution in [3.05, 3.63) is 52.6 Å². The van der Waals surface area contributed by atoms with Crippen LogP contribution < -0.4 is 30.4 Å². The number of rotatable bonds is 5. The Morgan fingerprint density at radius 3 is 2.72 bits per heavy atom. The van der Waals surface area contributed by atoms with Crippen molar-refractivity contribution in [2.75, 3.05) is 25.7 Å². The Hall–Kier alpha value is -3.75. The highest BCUT2D eigenvalue weighted by Gasteiger charge is 2.29. The standard InChI is InChI=1S/C20H20N4O5/c1-27-15-7-11-12(8-16(15)28-2)22-18(23-20(11)26)10-24-9-17(19(21)25)29-14-6-4-3-5-13(14)24/h3-8,17H,9-10H2,1-2H3,(H2,21,25)(H,22,23,26)/t17-/m1/s1. The van der Waals surface area contributed by atoms with Gasteiger partial charge in [-0.25, -0.2) is 4.98 Å². The van der Waals surface area contributed by atoms with Gasteiger partial charge in [-0.1, -0.05) is 12.1 Å². The zero-order chi connectivity index (χ0) is 20.5. The van der Waals surface area contributed by atoms with Crippen LogP contribution in [0.2, 0.25) is 0 Å². The van der Waals surface area contributed by atoms with Crippen LogP contribution in [0.4, 0.5) is 5.69 Å². The minimum Gasteiger partial charge on any atom is -0.493 e. The molecule has 0 saturated heterocycles. The number of aromatic amines is 1. The van der Waals surface area contributed by atoms with Crippen LogP contribution in [0.25, 0.3) is 10.9 Å². The molecular formula is C20H20N4O5. The lowest BCUT2D eigenvalue weighted by atomic mass is 10.1. The molecule has 1 aliphatic rings. The van der Waals surface area contributed by atoms with Gasteiger partial charge in [0.25, 0.3) is 11.5 Å². The number of primary amides is 1. The van der Waals surface area contributed by atoms with Gasteiger partial charge in [0.2, 0.25) is 0 Å². The molecule has 9 nitrogen and oxygen atoms in total. The first-order valence-electron chi connectivity index (χ1n) is 8.95. The van der Waals surface area contributed by atoms with Gasteiger partial charge in [0.1, 0.15) is 11.6 Å². The number of nitrogens with zero attached hydrogens (tertiary/aromatic N) is 2. The Morgan fingerprint density at radius 1 is 1.28 bits per heavy atom. The summed E-state index contributed by atoms with van der Waals surface area (Å²) in [4.78, 5) is 33.6. The fraction of sp³-hybridized carbons (Fsp3) is 0.250. The summed E-state index contributed by atoms with van der Waals surface area (Å²) >= 11 is 0. The molecule has 1 amide bonds. The van der Waals surface area contributed by atoms with Gasteiger partial charge in [-0.05, 0) is 18.2 Å². The highest BCUT2D eigenvalue weighted by Crippen LogP contribution is 2.34. The van der Waals surface area contributed by atoms with Gasteiger partial charge < -0.3 is 29.8 Å². The topological polar surface area (TPSA) is 120 Å². The predicted octanol–water partition coefficient (Wildman–Crippen LogP) is 1.19. The molecular weight excluding hydrogens is 376 g/mol. The molecule has 3 aromatic rings. The van der Waals surface area contributed by atoms with E-state index in [1.807, 2.05) is 23.1 Å². The summed E-state index contributed by atoms with van der Waals surface area (Å²) in [7, 11) is 3.02. The third kappa shape index (κ3) is 3.42. The Morgan fingerprint density at radius 2 is 2.00 bits per heavy atom. The van der Waals surface area contributed by atoms with Gasteiger partial charge in [0, 0.05) is 6.07 Å². The SMILES string of the molecule is COc1cc2nc(CN3C[C@H](C(N)=O)Oc4ccccc43)[nH]c(=O)c2cc1OC. The van der Waals surface area contributed by atoms with Crippen molar-refractivity contribution < 1.29 is 19.0 Å². The number of nitrogens with two attached hydrogens (primary N) is 1. The Balaban J connectivity index is 1.74. The summed E-state index contributed by atoms with van der Waals surface area (Å²) in [5.41, 5.74) is 6.43.